The molecule has 1 aromatic carbocycles. The quantitative estimate of drug-likeness (QED) is 0.734. The van der Waals surface area contributed by atoms with Crippen molar-refractivity contribution in [3.05, 3.63) is 59.3 Å². The first kappa shape index (κ1) is 17.1. The van der Waals surface area contributed by atoms with Gasteiger partial charge in [-0.1, -0.05) is 0 Å². The standard InChI is InChI=1S/C20H24N4OS/c1-15-11-24(12-16(2)25-15)18-5-3-17(4-6-18)22-10-20-9-19(13-26-20)23-8-7-21-14-23/h3-9,13-16,22H,10-12H2,1-2H3/t15-,16+. The summed E-state index contributed by atoms with van der Waals surface area (Å²) >= 11 is 1.76. The fraction of sp³-hybridized carbons (Fsp3) is 0.350. The van der Waals surface area contributed by atoms with Crippen molar-refractivity contribution in [2.24, 2.45) is 0 Å². The van der Waals surface area contributed by atoms with E-state index in [2.05, 4.69) is 64.8 Å². The Hall–Kier alpha value is -2.31. The van der Waals surface area contributed by atoms with Gasteiger partial charge in [-0.15, -0.1) is 11.3 Å². The van der Waals surface area contributed by atoms with Crippen LogP contribution in [-0.2, 0) is 11.3 Å². The zero-order valence-electron chi connectivity index (χ0n) is 15.1. The second kappa shape index (κ2) is 7.51. The zero-order valence-corrected chi connectivity index (χ0v) is 15.9. The predicted octanol–water partition coefficient (Wildman–Crippen LogP) is 4.16. The van der Waals surface area contributed by atoms with Crippen LogP contribution in [0.1, 0.15) is 18.7 Å². The van der Waals surface area contributed by atoms with Crippen molar-refractivity contribution < 1.29 is 4.74 Å². The normalized spacial score (nSPS) is 20.3. The average Bonchev–Trinajstić information content (AvgIpc) is 3.31. The summed E-state index contributed by atoms with van der Waals surface area (Å²) in [7, 11) is 0. The molecule has 0 amide bonds. The number of hydrogen-bond acceptors (Lipinski definition) is 5. The first-order chi connectivity index (χ1) is 12.7. The number of anilines is 2. The molecule has 4 rings (SSSR count). The molecule has 0 spiro atoms. The van der Waals surface area contributed by atoms with Gasteiger partial charge in [-0.3, -0.25) is 0 Å². The van der Waals surface area contributed by atoms with Crippen LogP contribution in [0.3, 0.4) is 0 Å². The molecule has 1 N–H and O–H groups in total. The molecule has 0 radical (unpaired) electrons. The van der Waals surface area contributed by atoms with E-state index in [9.17, 15) is 0 Å². The Morgan fingerprint density at radius 3 is 2.62 bits per heavy atom. The second-order valence-electron chi connectivity index (χ2n) is 6.80. The molecule has 3 heterocycles. The first-order valence-corrected chi connectivity index (χ1v) is 9.85. The molecule has 0 aliphatic carbocycles. The molecule has 0 saturated carbocycles. The van der Waals surface area contributed by atoms with Crippen LogP contribution in [0.25, 0.3) is 5.69 Å². The Morgan fingerprint density at radius 1 is 1.15 bits per heavy atom. The lowest BCUT2D eigenvalue weighted by atomic mass is 10.2. The third kappa shape index (κ3) is 3.92. The predicted molar refractivity (Wildman–Crippen MR) is 107 cm³/mol. The molecular weight excluding hydrogens is 344 g/mol. The highest BCUT2D eigenvalue weighted by Gasteiger charge is 2.22. The first-order valence-electron chi connectivity index (χ1n) is 8.97. The van der Waals surface area contributed by atoms with Gasteiger partial charge >= 0.3 is 0 Å². The molecular formula is C20H24N4OS. The summed E-state index contributed by atoms with van der Waals surface area (Å²) in [5.41, 5.74) is 3.56. The highest BCUT2D eigenvalue weighted by Crippen LogP contribution is 2.24. The Balaban J connectivity index is 1.36. The van der Waals surface area contributed by atoms with E-state index < -0.39 is 0 Å². The molecule has 0 unspecified atom stereocenters. The number of imidazole rings is 1. The van der Waals surface area contributed by atoms with Crippen LogP contribution in [-0.4, -0.2) is 34.8 Å². The lowest BCUT2D eigenvalue weighted by Crippen LogP contribution is -2.45. The molecule has 0 bridgehead atoms. The van der Waals surface area contributed by atoms with Gasteiger partial charge in [0.05, 0.1) is 24.2 Å². The van der Waals surface area contributed by atoms with Gasteiger partial charge in [0.25, 0.3) is 0 Å². The maximum absolute atomic E-state index is 5.82. The Labute approximate surface area is 158 Å². The van der Waals surface area contributed by atoms with Gasteiger partial charge in [0.1, 0.15) is 0 Å². The number of thiophene rings is 1. The lowest BCUT2D eigenvalue weighted by molar-refractivity contribution is -0.00521. The summed E-state index contributed by atoms with van der Waals surface area (Å²) in [6, 6.07) is 10.9. The molecule has 1 saturated heterocycles. The molecule has 1 aliphatic heterocycles. The van der Waals surface area contributed by atoms with E-state index in [1.165, 1.54) is 10.6 Å². The van der Waals surface area contributed by atoms with Crippen LogP contribution < -0.4 is 10.2 Å². The third-order valence-electron chi connectivity index (χ3n) is 4.56. The van der Waals surface area contributed by atoms with E-state index in [4.69, 9.17) is 4.74 Å². The van der Waals surface area contributed by atoms with Crippen LogP contribution in [0, 0.1) is 0 Å². The molecule has 2 aromatic heterocycles. The highest BCUT2D eigenvalue weighted by molar-refractivity contribution is 7.10. The van der Waals surface area contributed by atoms with Crippen LogP contribution in [0.5, 0.6) is 0 Å². The SMILES string of the molecule is C[C@@H]1CN(c2ccc(NCc3cc(-n4ccnc4)cs3)cc2)C[C@H](C)O1. The lowest BCUT2D eigenvalue weighted by Gasteiger charge is -2.36. The van der Waals surface area contributed by atoms with E-state index >= 15 is 0 Å². The van der Waals surface area contributed by atoms with Crippen molar-refractivity contribution in [2.45, 2.75) is 32.6 Å². The van der Waals surface area contributed by atoms with Gasteiger partial charge in [0, 0.05) is 53.7 Å². The van der Waals surface area contributed by atoms with Gasteiger partial charge in [-0.05, 0) is 44.2 Å². The van der Waals surface area contributed by atoms with E-state index in [1.54, 1.807) is 17.5 Å². The Bertz CT molecular complexity index is 818. The fourth-order valence-corrected chi connectivity index (χ4v) is 4.18. The number of rotatable bonds is 5. The number of ether oxygens (including phenoxy) is 1. The van der Waals surface area contributed by atoms with E-state index in [0.717, 1.165) is 31.0 Å². The van der Waals surface area contributed by atoms with Crippen molar-refractivity contribution in [3.8, 4) is 5.69 Å². The number of nitrogens with zero attached hydrogens (tertiary/aromatic N) is 3. The van der Waals surface area contributed by atoms with Gasteiger partial charge in [0.2, 0.25) is 0 Å². The minimum absolute atomic E-state index is 0.278. The van der Waals surface area contributed by atoms with Crippen LogP contribution in [0.15, 0.2) is 54.4 Å². The molecule has 3 aromatic rings. The summed E-state index contributed by atoms with van der Waals surface area (Å²) in [6.07, 6.45) is 6.14. The topological polar surface area (TPSA) is 42.3 Å². The minimum Gasteiger partial charge on any atom is -0.380 e. The fourth-order valence-electron chi connectivity index (χ4n) is 3.38. The molecule has 26 heavy (non-hydrogen) atoms. The van der Waals surface area contributed by atoms with Crippen molar-refractivity contribution >= 4 is 22.7 Å². The summed E-state index contributed by atoms with van der Waals surface area (Å²) in [5.74, 6) is 0. The van der Waals surface area contributed by atoms with Gasteiger partial charge < -0.3 is 19.5 Å². The molecule has 136 valence electrons. The van der Waals surface area contributed by atoms with Gasteiger partial charge in [-0.25, -0.2) is 4.98 Å². The molecule has 5 nitrogen and oxygen atoms in total. The van der Waals surface area contributed by atoms with Crippen molar-refractivity contribution in [3.63, 3.8) is 0 Å². The smallest absolute Gasteiger partial charge is 0.0991 e. The van der Waals surface area contributed by atoms with Crippen molar-refractivity contribution in [1.82, 2.24) is 9.55 Å². The molecule has 6 heteroatoms. The minimum atomic E-state index is 0.278. The highest BCUT2D eigenvalue weighted by atomic mass is 32.1. The van der Waals surface area contributed by atoms with Gasteiger partial charge in [0.15, 0.2) is 0 Å². The largest absolute Gasteiger partial charge is 0.380 e. The summed E-state index contributed by atoms with van der Waals surface area (Å²) in [6.45, 7) is 6.99. The summed E-state index contributed by atoms with van der Waals surface area (Å²) in [5, 5.41) is 5.66. The van der Waals surface area contributed by atoms with Crippen molar-refractivity contribution in [2.75, 3.05) is 23.3 Å². The molecule has 1 aliphatic rings. The molecule has 1 fully saturated rings. The number of nitrogens with one attached hydrogen (secondary N) is 1. The number of benzene rings is 1. The van der Waals surface area contributed by atoms with Crippen molar-refractivity contribution in [1.29, 1.82) is 0 Å². The number of morpholine rings is 1. The summed E-state index contributed by atoms with van der Waals surface area (Å²) in [4.78, 5) is 7.80. The number of aromatic nitrogens is 2. The Morgan fingerprint density at radius 2 is 1.92 bits per heavy atom. The third-order valence-corrected chi connectivity index (χ3v) is 5.49. The Kier molecular flexibility index (Phi) is 4.95. The van der Waals surface area contributed by atoms with Gasteiger partial charge in [-0.2, -0.15) is 0 Å². The van der Waals surface area contributed by atoms with E-state index in [1.807, 2.05) is 17.1 Å². The maximum atomic E-state index is 5.82. The van der Waals surface area contributed by atoms with Crippen LogP contribution in [0.4, 0.5) is 11.4 Å². The number of hydrogen-bond donors (Lipinski definition) is 1. The molecule has 2 atom stereocenters. The maximum Gasteiger partial charge on any atom is 0.0991 e. The second-order valence-corrected chi connectivity index (χ2v) is 7.80. The monoisotopic (exact) mass is 368 g/mol. The van der Waals surface area contributed by atoms with Crippen LogP contribution >= 0.6 is 11.3 Å². The van der Waals surface area contributed by atoms with E-state index in [0.29, 0.717) is 0 Å². The van der Waals surface area contributed by atoms with Crippen LogP contribution in [0.2, 0.25) is 0 Å². The zero-order chi connectivity index (χ0) is 17.9. The van der Waals surface area contributed by atoms with E-state index in [-0.39, 0.29) is 12.2 Å². The average molecular weight is 369 g/mol. The summed E-state index contributed by atoms with van der Waals surface area (Å²) < 4.78 is 7.85.